The molecule has 3 aliphatic heterocycles. The lowest BCUT2D eigenvalue weighted by Gasteiger charge is -2.37. The van der Waals surface area contributed by atoms with Crippen LogP contribution < -0.4 is 30.9 Å². The van der Waals surface area contributed by atoms with Crippen LogP contribution in [-0.4, -0.2) is 129 Å². The number of piperidine rings is 1. The van der Waals surface area contributed by atoms with Crippen molar-refractivity contribution in [3.05, 3.63) is 95.6 Å². The third kappa shape index (κ3) is 16.0. The number of unbranched alkanes of at least 4 members (excludes halogenated alkanes) is 9. The van der Waals surface area contributed by atoms with Crippen LogP contribution in [-0.2, 0) is 19.2 Å². The Morgan fingerprint density at radius 3 is 2.06 bits per heavy atom. The van der Waals surface area contributed by atoms with E-state index in [0.29, 0.717) is 36.4 Å². The Kier molecular flexibility index (Phi) is 20.8. The number of amides is 4. The number of anilines is 3. The third-order valence-corrected chi connectivity index (χ3v) is 16.9. The number of β-amino-alcohol motifs (C(OH)–C–C–N with tert-alkyl or cyclic N) is 1. The number of phenols is 1. The molecular formula is C62H84N10O7S. The maximum atomic E-state index is 14.1. The predicted molar refractivity (Wildman–Crippen MR) is 316 cm³/mol. The second kappa shape index (κ2) is 28.1. The Balaban J connectivity index is 0.656. The van der Waals surface area contributed by atoms with Gasteiger partial charge in [-0.1, -0.05) is 109 Å². The van der Waals surface area contributed by atoms with Gasteiger partial charge in [-0.25, -0.2) is 4.98 Å². The summed E-state index contributed by atoms with van der Waals surface area (Å²) in [5.74, 6) is 0.191. The minimum Gasteiger partial charge on any atom is -0.507 e. The molecule has 4 amide bonds. The first-order valence-corrected chi connectivity index (χ1v) is 29.9. The topological polar surface area (TPSA) is 220 Å². The van der Waals surface area contributed by atoms with E-state index < -0.39 is 23.6 Å². The van der Waals surface area contributed by atoms with Gasteiger partial charge in [0.1, 0.15) is 29.6 Å². The quantitative estimate of drug-likeness (QED) is 0.0364. The van der Waals surface area contributed by atoms with Crippen LogP contribution >= 0.6 is 11.3 Å². The SMILES string of the molecule is Cc1ncsc1-c1ccc([C@H](C)NC(=O)[C@@H]2C[C@@H](O)CN2C(=O)[C@@H](NC(=O)CCCCCCCCCCCCC(=O)N2CCN(c3ccc(N4CCCC(Oc5cc(-c6ccccc6O)nnc5N)C4)cc3)CC2)C(C)(C)C)cc1. The largest absolute Gasteiger partial charge is 0.507 e. The number of rotatable bonds is 24. The standard InChI is InChI=1S/C62H84N10O7S/c1-42(44-24-26-45(27-25-44)57-43(2)64-41-80-57)65-60(77)52-37-48(73)39-72(52)61(78)58(62(3,4)5)66-55(75)22-14-12-10-8-6-7-9-11-13-15-23-56(76)70-35-33-69(34-36-70)46-28-30-47(31-29-46)71-32-18-19-49(40-71)79-54-38-51(67-68-59(54)63)50-20-16-17-21-53(50)74/h16-17,20-21,24-31,38,41-42,48-49,52,58,73-74H,6-15,18-19,22-23,32-37,39-40H2,1-5H3,(H2,63,68)(H,65,77)(H,66,75)/t42-,48+,49?,52-,58+/m0/s1. The van der Waals surface area contributed by atoms with E-state index in [9.17, 15) is 29.4 Å². The van der Waals surface area contributed by atoms with Gasteiger partial charge in [-0.2, -0.15) is 0 Å². The van der Waals surface area contributed by atoms with Crippen LogP contribution in [0.5, 0.6) is 11.5 Å². The number of aliphatic hydroxyl groups is 1. The van der Waals surface area contributed by atoms with E-state index in [-0.39, 0.29) is 60.3 Å². The molecule has 80 heavy (non-hydrogen) atoms. The Labute approximate surface area is 476 Å². The van der Waals surface area contributed by atoms with Gasteiger partial charge in [-0.15, -0.1) is 21.5 Å². The molecule has 1 unspecified atom stereocenters. The van der Waals surface area contributed by atoms with Gasteiger partial charge in [0.25, 0.3) is 0 Å². The average Bonchev–Trinajstić information content (AvgIpc) is 4.11. The zero-order chi connectivity index (χ0) is 56.8. The number of para-hydroxylation sites is 1. The second-order valence-electron chi connectivity index (χ2n) is 23.1. The average molecular weight is 1110 g/mol. The summed E-state index contributed by atoms with van der Waals surface area (Å²) in [7, 11) is 0. The number of phenolic OH excluding ortho intramolecular Hbond substituents is 1. The first-order valence-electron chi connectivity index (χ1n) is 29.1. The van der Waals surface area contributed by atoms with Crippen molar-refractivity contribution in [3.63, 3.8) is 0 Å². The molecule has 3 saturated heterocycles. The molecule has 0 saturated carbocycles. The summed E-state index contributed by atoms with van der Waals surface area (Å²) in [5.41, 5.74) is 13.7. The Morgan fingerprint density at radius 1 is 0.787 bits per heavy atom. The van der Waals surface area contributed by atoms with Gasteiger partial charge in [-0.05, 0) is 92.5 Å². The zero-order valence-electron chi connectivity index (χ0n) is 47.6. The van der Waals surface area contributed by atoms with Gasteiger partial charge in [0.05, 0.1) is 34.8 Å². The molecule has 3 aliphatic rings. The Hall–Kier alpha value is -6.79. The molecule has 8 rings (SSSR count). The summed E-state index contributed by atoms with van der Waals surface area (Å²) in [4.78, 5) is 67.8. The molecule has 0 spiro atoms. The van der Waals surface area contributed by atoms with E-state index in [1.807, 2.05) is 75.4 Å². The highest BCUT2D eigenvalue weighted by Crippen LogP contribution is 2.34. The molecule has 430 valence electrons. The number of aliphatic hydroxyl groups excluding tert-OH is 1. The fraction of sp³-hybridized carbons (Fsp3) is 0.532. The molecule has 5 atom stereocenters. The van der Waals surface area contributed by atoms with E-state index in [1.54, 1.807) is 35.6 Å². The number of nitrogens with zero attached hydrogens (tertiary/aromatic N) is 7. The number of carbonyl (C=O) groups excluding carboxylic acids is 4. The lowest BCUT2D eigenvalue weighted by Crippen LogP contribution is -2.57. The van der Waals surface area contributed by atoms with Crippen LogP contribution in [0.4, 0.5) is 17.2 Å². The van der Waals surface area contributed by atoms with E-state index in [2.05, 4.69) is 59.9 Å². The van der Waals surface area contributed by atoms with Crippen LogP contribution in [0.3, 0.4) is 0 Å². The molecule has 17 nitrogen and oxygen atoms in total. The lowest BCUT2D eigenvalue weighted by molar-refractivity contribution is -0.144. The molecular weight excluding hydrogens is 1030 g/mol. The molecule has 0 radical (unpaired) electrons. The van der Waals surface area contributed by atoms with Gasteiger partial charge >= 0.3 is 0 Å². The van der Waals surface area contributed by atoms with Crippen LogP contribution in [0.15, 0.2) is 84.4 Å². The van der Waals surface area contributed by atoms with Crippen molar-refractivity contribution in [2.45, 2.75) is 161 Å². The van der Waals surface area contributed by atoms with Crippen LogP contribution in [0.2, 0.25) is 0 Å². The maximum absolute atomic E-state index is 14.1. The highest BCUT2D eigenvalue weighted by Gasteiger charge is 2.45. The van der Waals surface area contributed by atoms with Crippen molar-refractivity contribution in [2.24, 2.45) is 5.41 Å². The number of likely N-dealkylation sites (tertiary alicyclic amines) is 1. The minimum absolute atomic E-state index is 0.0330. The summed E-state index contributed by atoms with van der Waals surface area (Å²) < 4.78 is 6.39. The van der Waals surface area contributed by atoms with E-state index in [0.717, 1.165) is 143 Å². The summed E-state index contributed by atoms with van der Waals surface area (Å²) in [6.07, 6.45) is 12.4. The fourth-order valence-corrected chi connectivity index (χ4v) is 12.0. The van der Waals surface area contributed by atoms with Gasteiger partial charge in [0.2, 0.25) is 23.6 Å². The molecule has 3 aromatic carbocycles. The van der Waals surface area contributed by atoms with Crippen molar-refractivity contribution < 1.29 is 34.1 Å². The zero-order valence-corrected chi connectivity index (χ0v) is 48.4. The fourth-order valence-electron chi connectivity index (χ4n) is 11.2. The summed E-state index contributed by atoms with van der Waals surface area (Å²) in [6.45, 7) is 14.3. The molecule has 0 bridgehead atoms. The monoisotopic (exact) mass is 1110 g/mol. The number of hydrogen-bond acceptors (Lipinski definition) is 14. The highest BCUT2D eigenvalue weighted by atomic mass is 32.1. The maximum Gasteiger partial charge on any atom is 0.246 e. The molecule has 18 heteroatoms. The highest BCUT2D eigenvalue weighted by molar-refractivity contribution is 7.13. The number of aryl methyl sites for hydroxylation is 1. The van der Waals surface area contributed by atoms with Crippen molar-refractivity contribution >= 4 is 52.2 Å². The minimum atomic E-state index is -0.848. The number of aromatic nitrogens is 3. The van der Waals surface area contributed by atoms with E-state index in [4.69, 9.17) is 10.5 Å². The van der Waals surface area contributed by atoms with E-state index >= 15 is 0 Å². The first kappa shape index (κ1) is 59.3. The van der Waals surface area contributed by atoms with Crippen molar-refractivity contribution in [1.82, 2.24) is 35.6 Å². The van der Waals surface area contributed by atoms with Crippen molar-refractivity contribution in [2.75, 3.05) is 61.3 Å². The number of nitrogen functional groups attached to an aromatic ring is 1. The number of benzene rings is 3. The van der Waals surface area contributed by atoms with Gasteiger partial charge < -0.3 is 50.9 Å². The Morgan fingerprint density at radius 2 is 1.43 bits per heavy atom. The second-order valence-corrected chi connectivity index (χ2v) is 24.0. The molecule has 2 aromatic heterocycles. The number of nitrogens with two attached hydrogens (primary N) is 1. The predicted octanol–water partition coefficient (Wildman–Crippen LogP) is 9.61. The number of carbonyl (C=O) groups is 4. The molecule has 3 fully saturated rings. The van der Waals surface area contributed by atoms with Crippen LogP contribution in [0.1, 0.15) is 141 Å². The smallest absolute Gasteiger partial charge is 0.246 e. The Bertz CT molecular complexity index is 2830. The number of ether oxygens (including phenoxy) is 1. The van der Waals surface area contributed by atoms with Crippen molar-refractivity contribution in [1.29, 1.82) is 0 Å². The molecule has 0 aliphatic carbocycles. The summed E-state index contributed by atoms with van der Waals surface area (Å²) in [6, 6.07) is 23.4. The first-order chi connectivity index (χ1) is 38.5. The number of thiazole rings is 1. The molecule has 6 N–H and O–H groups in total. The molecule has 5 heterocycles. The van der Waals surface area contributed by atoms with Crippen LogP contribution in [0, 0.1) is 12.3 Å². The van der Waals surface area contributed by atoms with Crippen LogP contribution in [0.25, 0.3) is 21.7 Å². The molecule has 5 aromatic rings. The number of hydrogen-bond donors (Lipinski definition) is 5. The summed E-state index contributed by atoms with van der Waals surface area (Å²) >= 11 is 1.59. The van der Waals surface area contributed by atoms with Crippen molar-refractivity contribution in [3.8, 4) is 33.2 Å². The normalized spacial score (nSPS) is 18.4. The summed E-state index contributed by atoms with van der Waals surface area (Å²) in [5, 5.41) is 35.4. The number of nitrogens with one attached hydrogen (secondary N) is 2. The van der Waals surface area contributed by atoms with Gasteiger partial charge in [0, 0.05) is 81.5 Å². The van der Waals surface area contributed by atoms with Gasteiger partial charge in [-0.3, -0.25) is 19.2 Å². The lowest BCUT2D eigenvalue weighted by atomic mass is 9.85. The van der Waals surface area contributed by atoms with E-state index in [1.165, 1.54) is 4.90 Å². The van der Waals surface area contributed by atoms with Gasteiger partial charge in [0.15, 0.2) is 11.6 Å². The third-order valence-electron chi connectivity index (χ3n) is 16.0. The number of aromatic hydroxyl groups is 1. The number of piperazine rings is 1.